The van der Waals surface area contributed by atoms with E-state index in [9.17, 15) is 9.59 Å². The summed E-state index contributed by atoms with van der Waals surface area (Å²) in [7, 11) is 0. The van der Waals surface area contributed by atoms with Crippen molar-refractivity contribution in [1.29, 1.82) is 0 Å². The lowest BCUT2D eigenvalue weighted by molar-refractivity contribution is 0.0896. The monoisotopic (exact) mass is 296 g/mol. The smallest absolute Gasteiger partial charge is 0.251 e. The molecule has 20 heavy (non-hydrogen) atoms. The lowest BCUT2D eigenvalue weighted by Gasteiger charge is -2.29. The van der Waals surface area contributed by atoms with Crippen LogP contribution in [0.1, 0.15) is 47.4 Å². The van der Waals surface area contributed by atoms with Crippen LogP contribution in [0.2, 0.25) is 0 Å². The van der Waals surface area contributed by atoms with E-state index in [2.05, 4.69) is 5.32 Å². The van der Waals surface area contributed by atoms with E-state index in [1.165, 1.54) is 6.92 Å². The molecule has 0 saturated heterocycles. The van der Waals surface area contributed by atoms with Crippen molar-refractivity contribution in [1.82, 2.24) is 5.32 Å². The number of carbonyl (C=O) groups is 2. The van der Waals surface area contributed by atoms with Gasteiger partial charge in [0.25, 0.3) is 5.91 Å². The van der Waals surface area contributed by atoms with Gasteiger partial charge in [0, 0.05) is 17.7 Å². The number of Topliss-reactive ketones (excluding diaryl/α,β-unsaturated/α-hetero) is 1. The van der Waals surface area contributed by atoms with Crippen molar-refractivity contribution in [3.8, 4) is 0 Å². The molecule has 1 aliphatic carbocycles. The molecule has 1 aromatic carbocycles. The number of ketones is 1. The summed E-state index contributed by atoms with van der Waals surface area (Å²) in [6.45, 7) is 3.94. The van der Waals surface area contributed by atoms with Crippen LogP contribution in [0.5, 0.6) is 0 Å². The van der Waals surface area contributed by atoms with Gasteiger partial charge in [-0.25, -0.2) is 0 Å². The maximum Gasteiger partial charge on any atom is 0.251 e. The maximum atomic E-state index is 12.2. The van der Waals surface area contributed by atoms with Crippen LogP contribution < -0.4 is 11.1 Å². The molecule has 0 spiro atoms. The number of nitrogens with two attached hydrogens (primary N) is 1. The van der Waals surface area contributed by atoms with Crippen LogP contribution in [0.15, 0.2) is 24.3 Å². The molecule has 0 heterocycles. The van der Waals surface area contributed by atoms with E-state index >= 15 is 0 Å². The van der Waals surface area contributed by atoms with E-state index in [-0.39, 0.29) is 29.6 Å². The number of hydrogen-bond acceptors (Lipinski definition) is 3. The minimum Gasteiger partial charge on any atom is -0.345 e. The van der Waals surface area contributed by atoms with Crippen molar-refractivity contribution in [2.75, 3.05) is 6.54 Å². The van der Waals surface area contributed by atoms with Gasteiger partial charge in [-0.3, -0.25) is 9.59 Å². The molecule has 4 nitrogen and oxygen atoms in total. The van der Waals surface area contributed by atoms with Crippen LogP contribution in [0, 0.1) is 5.92 Å². The van der Waals surface area contributed by atoms with Gasteiger partial charge in [0.2, 0.25) is 0 Å². The highest BCUT2D eigenvalue weighted by Gasteiger charge is 2.41. The van der Waals surface area contributed by atoms with Gasteiger partial charge in [-0.2, -0.15) is 0 Å². The zero-order chi connectivity index (χ0) is 14.0. The van der Waals surface area contributed by atoms with E-state index < -0.39 is 0 Å². The summed E-state index contributed by atoms with van der Waals surface area (Å²) < 4.78 is 0. The third-order valence-corrected chi connectivity index (χ3v) is 3.86. The molecule has 0 aliphatic heterocycles. The van der Waals surface area contributed by atoms with Gasteiger partial charge in [-0.15, -0.1) is 12.4 Å². The average molecular weight is 297 g/mol. The van der Waals surface area contributed by atoms with Crippen molar-refractivity contribution in [3.05, 3.63) is 35.4 Å². The summed E-state index contributed by atoms with van der Waals surface area (Å²) in [6.07, 6.45) is 2.24. The van der Waals surface area contributed by atoms with E-state index in [0.717, 1.165) is 12.8 Å². The van der Waals surface area contributed by atoms with Crippen molar-refractivity contribution in [3.63, 3.8) is 0 Å². The second kappa shape index (κ2) is 6.37. The number of carbonyl (C=O) groups excluding carboxylic acids is 2. The van der Waals surface area contributed by atoms with Crippen molar-refractivity contribution >= 4 is 24.1 Å². The number of nitrogens with one attached hydrogen (secondary N) is 1. The third kappa shape index (κ3) is 3.58. The molecule has 0 bridgehead atoms. The van der Waals surface area contributed by atoms with Gasteiger partial charge >= 0.3 is 0 Å². The molecule has 1 saturated carbocycles. The number of hydrogen-bond donors (Lipinski definition) is 2. The Morgan fingerprint density at radius 3 is 2.15 bits per heavy atom. The second-order valence-electron chi connectivity index (χ2n) is 5.48. The molecular weight excluding hydrogens is 276 g/mol. The minimum absolute atomic E-state index is 0. The fraction of sp³-hybridized carbons (Fsp3) is 0.467. The van der Waals surface area contributed by atoms with Gasteiger partial charge in [0.05, 0.1) is 5.54 Å². The first-order valence-electron chi connectivity index (χ1n) is 6.60. The second-order valence-corrected chi connectivity index (χ2v) is 5.48. The third-order valence-electron chi connectivity index (χ3n) is 3.86. The quantitative estimate of drug-likeness (QED) is 0.818. The first-order valence-corrected chi connectivity index (χ1v) is 6.60. The average Bonchev–Trinajstić information content (AvgIpc) is 3.23. The standard InChI is InChI=1S/C15H20N2O2.ClH/c1-10(18)11-3-5-12(6-4-11)14(19)17-15(2,9-16)13-7-8-13;/h3-6,13H,7-9,16H2,1-2H3,(H,17,19);1H. The van der Waals surface area contributed by atoms with Crippen LogP contribution >= 0.6 is 12.4 Å². The minimum atomic E-state index is -0.323. The van der Waals surface area contributed by atoms with Crippen LogP contribution in [-0.4, -0.2) is 23.8 Å². The highest BCUT2D eigenvalue weighted by atomic mass is 35.5. The molecule has 1 fully saturated rings. The normalized spacial score (nSPS) is 16.8. The van der Waals surface area contributed by atoms with E-state index in [4.69, 9.17) is 5.73 Å². The first-order chi connectivity index (χ1) is 8.96. The number of rotatable bonds is 5. The molecule has 3 N–H and O–H groups in total. The summed E-state index contributed by atoms with van der Waals surface area (Å²) in [5.74, 6) is 0.352. The van der Waals surface area contributed by atoms with Gasteiger partial charge in [0.1, 0.15) is 0 Å². The van der Waals surface area contributed by atoms with Gasteiger partial charge in [-0.1, -0.05) is 12.1 Å². The Bertz CT molecular complexity index is 497. The first kappa shape index (κ1) is 16.7. The Kier molecular flexibility index (Phi) is 5.31. The van der Waals surface area contributed by atoms with E-state index in [0.29, 0.717) is 23.6 Å². The van der Waals surface area contributed by atoms with Gasteiger partial charge < -0.3 is 11.1 Å². The van der Waals surface area contributed by atoms with Crippen molar-refractivity contribution < 1.29 is 9.59 Å². The van der Waals surface area contributed by atoms with Crippen LogP contribution in [0.3, 0.4) is 0 Å². The Labute approximate surface area is 125 Å². The maximum absolute atomic E-state index is 12.2. The molecular formula is C15H21ClN2O2. The summed E-state index contributed by atoms with van der Waals surface area (Å²) >= 11 is 0. The van der Waals surface area contributed by atoms with Gasteiger partial charge in [-0.05, 0) is 44.7 Å². The summed E-state index contributed by atoms with van der Waals surface area (Å²) in [5, 5.41) is 3.02. The van der Waals surface area contributed by atoms with Gasteiger partial charge in [0.15, 0.2) is 5.78 Å². The highest BCUT2D eigenvalue weighted by Crippen LogP contribution is 2.39. The number of benzene rings is 1. The lowest BCUT2D eigenvalue weighted by Crippen LogP contribution is -2.53. The fourth-order valence-corrected chi connectivity index (χ4v) is 2.23. The topological polar surface area (TPSA) is 72.2 Å². The molecule has 1 aromatic rings. The molecule has 0 radical (unpaired) electrons. The number of amides is 1. The molecule has 5 heteroatoms. The Morgan fingerprint density at radius 2 is 1.75 bits per heavy atom. The number of halogens is 1. The molecule has 1 aliphatic rings. The van der Waals surface area contributed by atoms with E-state index in [1.807, 2.05) is 6.92 Å². The van der Waals surface area contributed by atoms with E-state index in [1.54, 1.807) is 24.3 Å². The molecule has 2 rings (SSSR count). The zero-order valence-corrected chi connectivity index (χ0v) is 12.6. The lowest BCUT2D eigenvalue weighted by atomic mass is 9.95. The fourth-order valence-electron chi connectivity index (χ4n) is 2.23. The van der Waals surface area contributed by atoms with Crippen LogP contribution in [0.4, 0.5) is 0 Å². The summed E-state index contributed by atoms with van der Waals surface area (Å²) in [6, 6.07) is 6.70. The predicted molar refractivity (Wildman–Crippen MR) is 81.3 cm³/mol. The molecule has 1 atom stereocenters. The summed E-state index contributed by atoms with van der Waals surface area (Å²) in [4.78, 5) is 23.4. The van der Waals surface area contributed by atoms with Crippen LogP contribution in [-0.2, 0) is 0 Å². The largest absolute Gasteiger partial charge is 0.345 e. The molecule has 1 amide bonds. The summed E-state index contributed by atoms with van der Waals surface area (Å²) in [5.41, 5.74) is 6.63. The van der Waals surface area contributed by atoms with Crippen molar-refractivity contribution in [2.24, 2.45) is 11.7 Å². The van der Waals surface area contributed by atoms with Crippen LogP contribution in [0.25, 0.3) is 0 Å². The zero-order valence-electron chi connectivity index (χ0n) is 11.8. The Hall–Kier alpha value is -1.39. The van der Waals surface area contributed by atoms with Crippen molar-refractivity contribution in [2.45, 2.75) is 32.2 Å². The Balaban J connectivity index is 0.00000200. The molecule has 110 valence electrons. The molecule has 0 aromatic heterocycles. The molecule has 1 unspecified atom stereocenters. The SMILES string of the molecule is CC(=O)c1ccc(C(=O)NC(C)(CN)C2CC2)cc1.Cl. The highest BCUT2D eigenvalue weighted by molar-refractivity contribution is 5.98. The predicted octanol–water partition coefficient (Wildman–Crippen LogP) is 2.17. The Morgan fingerprint density at radius 1 is 1.25 bits per heavy atom.